The van der Waals surface area contributed by atoms with E-state index in [1.54, 1.807) is 50.6 Å². The van der Waals surface area contributed by atoms with Crippen LogP contribution in [0.3, 0.4) is 0 Å². The first-order valence-corrected chi connectivity index (χ1v) is 9.02. The van der Waals surface area contributed by atoms with Crippen LogP contribution in [0.25, 0.3) is 6.08 Å². The molecule has 1 heterocycles. The molecule has 0 radical (unpaired) electrons. The van der Waals surface area contributed by atoms with Gasteiger partial charge in [0.2, 0.25) is 5.91 Å². The smallest absolute Gasteiger partial charge is 0.248 e. The maximum absolute atomic E-state index is 13.3. The number of anilines is 1. The number of carbonyl (C=O) groups excluding carboxylic acids is 1. The Morgan fingerprint density at radius 3 is 2.48 bits per heavy atom. The topological polar surface area (TPSA) is 51.4 Å². The van der Waals surface area contributed by atoms with Gasteiger partial charge in [0.25, 0.3) is 0 Å². The van der Waals surface area contributed by atoms with Gasteiger partial charge in [0, 0.05) is 23.8 Å². The van der Waals surface area contributed by atoms with Crippen molar-refractivity contribution >= 4 is 17.7 Å². The van der Waals surface area contributed by atoms with Crippen molar-refractivity contribution in [2.45, 2.75) is 6.54 Å². The van der Waals surface area contributed by atoms with Gasteiger partial charge < -0.3 is 14.8 Å². The Morgan fingerprint density at radius 1 is 1.03 bits per heavy atom. The second kappa shape index (κ2) is 9.50. The average molecular weight is 393 g/mol. The Kier molecular flexibility index (Phi) is 6.58. The fourth-order valence-corrected chi connectivity index (χ4v) is 2.80. The van der Waals surface area contributed by atoms with Crippen molar-refractivity contribution in [1.29, 1.82) is 0 Å². The zero-order valence-electron chi connectivity index (χ0n) is 16.3. The SMILES string of the molecule is COc1ccc(/C=C/C(=O)Nc2cc[n+](Cc3cccc(F)c3)cc2)cc1OC. The van der Waals surface area contributed by atoms with Crippen LogP contribution in [0.15, 0.2) is 73.1 Å². The molecule has 148 valence electrons. The van der Waals surface area contributed by atoms with Gasteiger partial charge in [-0.1, -0.05) is 18.2 Å². The first-order valence-electron chi connectivity index (χ1n) is 9.02. The molecule has 0 aliphatic rings. The summed E-state index contributed by atoms with van der Waals surface area (Å²) in [4.78, 5) is 12.2. The molecule has 6 heteroatoms. The van der Waals surface area contributed by atoms with Gasteiger partial charge in [-0.2, -0.15) is 0 Å². The summed E-state index contributed by atoms with van der Waals surface area (Å²) in [6.07, 6.45) is 6.82. The third kappa shape index (κ3) is 5.65. The maximum atomic E-state index is 13.3. The number of halogens is 1. The minimum atomic E-state index is -0.256. The lowest BCUT2D eigenvalue weighted by Crippen LogP contribution is -2.33. The summed E-state index contributed by atoms with van der Waals surface area (Å²) in [6.45, 7) is 0.547. The Hall–Kier alpha value is -3.67. The summed E-state index contributed by atoms with van der Waals surface area (Å²) >= 11 is 0. The number of aromatic nitrogens is 1. The quantitative estimate of drug-likeness (QED) is 0.490. The van der Waals surface area contributed by atoms with E-state index < -0.39 is 0 Å². The molecule has 1 amide bonds. The number of ether oxygens (including phenoxy) is 2. The molecular formula is C23H22FN2O3+. The van der Waals surface area contributed by atoms with Crippen LogP contribution >= 0.6 is 0 Å². The lowest BCUT2D eigenvalue weighted by Gasteiger charge is -2.07. The predicted molar refractivity (Wildman–Crippen MR) is 109 cm³/mol. The van der Waals surface area contributed by atoms with Crippen LogP contribution in [-0.4, -0.2) is 20.1 Å². The highest BCUT2D eigenvalue weighted by Gasteiger charge is 2.06. The molecule has 2 aromatic carbocycles. The number of carbonyl (C=O) groups is 1. The number of amides is 1. The number of nitrogens with zero attached hydrogens (tertiary/aromatic N) is 1. The van der Waals surface area contributed by atoms with Gasteiger partial charge in [0.1, 0.15) is 5.82 Å². The van der Waals surface area contributed by atoms with Crippen LogP contribution in [0.2, 0.25) is 0 Å². The van der Waals surface area contributed by atoms with E-state index in [0.29, 0.717) is 23.7 Å². The third-order valence-corrected chi connectivity index (χ3v) is 4.25. The van der Waals surface area contributed by atoms with Crippen LogP contribution in [0.5, 0.6) is 11.5 Å². The van der Waals surface area contributed by atoms with Crippen LogP contribution in [0.1, 0.15) is 11.1 Å². The number of hydrogen-bond acceptors (Lipinski definition) is 3. The minimum Gasteiger partial charge on any atom is -0.493 e. The molecule has 0 aliphatic carbocycles. The second-order valence-corrected chi connectivity index (χ2v) is 6.33. The molecular weight excluding hydrogens is 371 g/mol. The first kappa shape index (κ1) is 20.1. The van der Waals surface area contributed by atoms with Crippen molar-refractivity contribution in [3.8, 4) is 11.5 Å². The van der Waals surface area contributed by atoms with Crippen molar-refractivity contribution in [3.63, 3.8) is 0 Å². The van der Waals surface area contributed by atoms with Crippen LogP contribution in [-0.2, 0) is 11.3 Å². The molecule has 0 unspecified atom stereocenters. The molecule has 1 aromatic heterocycles. The van der Waals surface area contributed by atoms with Crippen LogP contribution in [0.4, 0.5) is 10.1 Å². The Labute approximate surface area is 169 Å². The number of pyridine rings is 1. The van der Waals surface area contributed by atoms with Gasteiger partial charge in [-0.25, -0.2) is 8.96 Å². The number of rotatable bonds is 7. The summed E-state index contributed by atoms with van der Waals surface area (Å²) in [5, 5.41) is 2.81. The maximum Gasteiger partial charge on any atom is 0.248 e. The summed E-state index contributed by atoms with van der Waals surface area (Å²) in [5.74, 6) is 0.724. The van der Waals surface area contributed by atoms with E-state index in [-0.39, 0.29) is 11.7 Å². The fourth-order valence-electron chi connectivity index (χ4n) is 2.80. The largest absolute Gasteiger partial charge is 0.493 e. The van der Waals surface area contributed by atoms with Crippen molar-refractivity contribution in [2.75, 3.05) is 19.5 Å². The Morgan fingerprint density at radius 2 is 1.79 bits per heavy atom. The zero-order chi connectivity index (χ0) is 20.6. The third-order valence-electron chi connectivity index (χ3n) is 4.25. The van der Waals surface area contributed by atoms with Gasteiger partial charge in [-0.15, -0.1) is 0 Å². The molecule has 0 spiro atoms. The Balaban J connectivity index is 1.60. The summed E-state index contributed by atoms with van der Waals surface area (Å²) in [6, 6.07) is 15.5. The summed E-state index contributed by atoms with van der Waals surface area (Å²) in [7, 11) is 3.14. The molecule has 0 fully saturated rings. The highest BCUT2D eigenvalue weighted by atomic mass is 19.1. The van der Waals surface area contributed by atoms with E-state index in [2.05, 4.69) is 5.32 Å². The van der Waals surface area contributed by atoms with Crippen LogP contribution < -0.4 is 19.4 Å². The van der Waals surface area contributed by atoms with Gasteiger partial charge in [0.05, 0.1) is 19.9 Å². The molecule has 0 atom stereocenters. The average Bonchev–Trinajstić information content (AvgIpc) is 2.73. The van der Waals surface area contributed by atoms with Crippen molar-refractivity contribution < 1.29 is 23.2 Å². The second-order valence-electron chi connectivity index (χ2n) is 6.33. The van der Waals surface area contributed by atoms with Crippen molar-refractivity contribution in [2.24, 2.45) is 0 Å². The molecule has 0 aliphatic heterocycles. The van der Waals surface area contributed by atoms with E-state index in [1.165, 1.54) is 18.2 Å². The summed E-state index contributed by atoms with van der Waals surface area (Å²) < 4.78 is 25.6. The molecule has 29 heavy (non-hydrogen) atoms. The number of nitrogens with one attached hydrogen (secondary N) is 1. The number of benzene rings is 2. The Bertz CT molecular complexity index is 1020. The highest BCUT2D eigenvalue weighted by molar-refractivity contribution is 6.01. The van der Waals surface area contributed by atoms with E-state index in [0.717, 1.165) is 11.1 Å². The molecule has 0 bridgehead atoms. The molecule has 3 aromatic rings. The first-order chi connectivity index (χ1) is 14.1. The van der Waals surface area contributed by atoms with Gasteiger partial charge in [0.15, 0.2) is 30.4 Å². The zero-order valence-corrected chi connectivity index (χ0v) is 16.3. The standard InChI is InChI=1S/C23H21FN2O3/c1-28-21-8-6-17(15-22(21)29-2)7-9-23(27)25-20-10-12-26(13-11-20)16-18-4-3-5-19(24)14-18/h3-15H,16H2,1-2H3/p+1/b9-7+. The lowest BCUT2D eigenvalue weighted by molar-refractivity contribution is -0.688. The minimum absolute atomic E-state index is 0.248. The van der Waals surface area contributed by atoms with Gasteiger partial charge >= 0.3 is 0 Å². The molecule has 0 saturated heterocycles. The normalized spacial score (nSPS) is 10.7. The van der Waals surface area contributed by atoms with Crippen molar-refractivity contribution in [1.82, 2.24) is 0 Å². The predicted octanol–water partition coefficient (Wildman–Crippen LogP) is 3.83. The molecule has 3 rings (SSSR count). The van der Waals surface area contributed by atoms with Crippen molar-refractivity contribution in [3.05, 3.63) is 90.0 Å². The van der Waals surface area contributed by atoms with E-state index in [1.807, 2.05) is 29.1 Å². The van der Waals surface area contributed by atoms with E-state index in [9.17, 15) is 9.18 Å². The molecule has 5 nitrogen and oxygen atoms in total. The highest BCUT2D eigenvalue weighted by Crippen LogP contribution is 2.27. The molecule has 0 saturated carbocycles. The van der Waals surface area contributed by atoms with Gasteiger partial charge in [-0.05, 0) is 35.9 Å². The lowest BCUT2D eigenvalue weighted by atomic mass is 10.2. The molecule has 1 N–H and O–H groups in total. The van der Waals surface area contributed by atoms with E-state index >= 15 is 0 Å². The fraction of sp³-hybridized carbons (Fsp3) is 0.130. The number of methoxy groups -OCH3 is 2. The monoisotopic (exact) mass is 393 g/mol. The summed E-state index contributed by atoms with van der Waals surface area (Å²) in [5.41, 5.74) is 2.35. The van der Waals surface area contributed by atoms with E-state index in [4.69, 9.17) is 9.47 Å². The number of hydrogen-bond donors (Lipinski definition) is 1. The van der Waals surface area contributed by atoms with Gasteiger partial charge in [-0.3, -0.25) is 4.79 Å². The van der Waals surface area contributed by atoms with Crippen LogP contribution in [0, 0.1) is 5.82 Å².